The molecule has 2 amide bonds. The molecule has 1 aromatic rings. The van der Waals surface area contributed by atoms with E-state index in [2.05, 4.69) is 15.1 Å². The summed E-state index contributed by atoms with van der Waals surface area (Å²) in [6.45, 7) is 6.27. The third-order valence-corrected chi connectivity index (χ3v) is 5.64. The summed E-state index contributed by atoms with van der Waals surface area (Å²) in [4.78, 5) is 37.2. The molecule has 2 fully saturated rings. The molecule has 0 aliphatic carbocycles. The van der Waals surface area contributed by atoms with Gasteiger partial charge in [0, 0.05) is 53.4 Å². The first kappa shape index (κ1) is 25.4. The molecule has 2 aliphatic heterocycles. The molecule has 0 bridgehead atoms. The molecule has 9 heteroatoms. The first-order valence-electron chi connectivity index (χ1n) is 10.8. The monoisotopic (exact) mass is 542 g/mol. The molecule has 1 N–H and O–H groups in total. The molecule has 31 heavy (non-hydrogen) atoms. The third kappa shape index (κ3) is 7.95. The molecular weight excluding hydrogens is 507 g/mol. The van der Waals surface area contributed by atoms with Gasteiger partial charge in [0.15, 0.2) is 5.96 Å². The van der Waals surface area contributed by atoms with Gasteiger partial charge >= 0.3 is 0 Å². The van der Waals surface area contributed by atoms with Gasteiger partial charge in [0.05, 0.1) is 19.6 Å². The van der Waals surface area contributed by atoms with E-state index in [9.17, 15) is 9.59 Å². The first-order valence-corrected chi connectivity index (χ1v) is 10.8. The van der Waals surface area contributed by atoms with Crippen LogP contribution in [0.15, 0.2) is 35.3 Å². The van der Waals surface area contributed by atoms with E-state index in [0.717, 1.165) is 63.6 Å². The summed E-state index contributed by atoms with van der Waals surface area (Å²) in [5, 5.41) is 3.23. The van der Waals surface area contributed by atoms with Crippen LogP contribution in [0.25, 0.3) is 0 Å². The Morgan fingerprint density at radius 3 is 2.23 bits per heavy atom. The lowest BCUT2D eigenvalue weighted by atomic mass is 10.2. The zero-order valence-electron chi connectivity index (χ0n) is 18.6. The summed E-state index contributed by atoms with van der Waals surface area (Å²) in [5.74, 6) is 1.01. The number of rotatable bonds is 6. The van der Waals surface area contributed by atoms with Gasteiger partial charge in [-0.05, 0) is 18.4 Å². The van der Waals surface area contributed by atoms with Crippen molar-refractivity contribution < 1.29 is 9.59 Å². The number of nitrogens with one attached hydrogen (secondary N) is 1. The minimum atomic E-state index is 0. The Hall–Kier alpha value is -1.88. The normalized spacial score (nSPS) is 17.3. The standard InChI is InChI=1S/C22H34N6O2.HI/c1-25(2)20(29)17-24-22(23-16-19-8-4-3-5-9-19)28-14-12-26(13-15-28)18-21(30)27-10-6-7-11-27;/h3-5,8-9H,6-7,10-18H2,1-2H3,(H,23,24);1H. The SMILES string of the molecule is CN(C)C(=O)CNC(=NCc1ccccc1)N1CCN(CC(=O)N2CCCC2)CC1.I. The summed E-state index contributed by atoms with van der Waals surface area (Å²) in [6, 6.07) is 10.1. The van der Waals surface area contributed by atoms with Crippen LogP contribution in [-0.4, -0.2) is 104 Å². The van der Waals surface area contributed by atoms with E-state index < -0.39 is 0 Å². The number of hydrogen-bond acceptors (Lipinski definition) is 4. The van der Waals surface area contributed by atoms with Gasteiger partial charge < -0.3 is 20.0 Å². The highest BCUT2D eigenvalue weighted by Crippen LogP contribution is 2.10. The van der Waals surface area contributed by atoms with E-state index in [-0.39, 0.29) is 42.3 Å². The van der Waals surface area contributed by atoms with Crippen molar-refractivity contribution in [3.8, 4) is 0 Å². The van der Waals surface area contributed by atoms with Gasteiger partial charge in [-0.1, -0.05) is 30.3 Å². The lowest BCUT2D eigenvalue weighted by Crippen LogP contribution is -2.55. The minimum Gasteiger partial charge on any atom is -0.347 e. The summed E-state index contributed by atoms with van der Waals surface area (Å²) >= 11 is 0. The second-order valence-electron chi connectivity index (χ2n) is 8.12. The fraction of sp³-hybridized carbons (Fsp3) is 0.591. The van der Waals surface area contributed by atoms with Gasteiger partial charge in [-0.3, -0.25) is 14.5 Å². The van der Waals surface area contributed by atoms with E-state index in [1.54, 1.807) is 19.0 Å². The molecule has 0 unspecified atom stereocenters. The smallest absolute Gasteiger partial charge is 0.241 e. The van der Waals surface area contributed by atoms with Crippen LogP contribution >= 0.6 is 24.0 Å². The van der Waals surface area contributed by atoms with Crippen LogP contribution in [0.1, 0.15) is 18.4 Å². The van der Waals surface area contributed by atoms with Gasteiger partial charge in [0.1, 0.15) is 0 Å². The molecule has 0 aromatic heterocycles. The summed E-state index contributed by atoms with van der Waals surface area (Å²) in [6.07, 6.45) is 2.25. The van der Waals surface area contributed by atoms with Crippen molar-refractivity contribution in [2.75, 3.05) is 66.5 Å². The van der Waals surface area contributed by atoms with E-state index in [1.165, 1.54) is 0 Å². The minimum absolute atomic E-state index is 0. The Morgan fingerprint density at radius 1 is 0.968 bits per heavy atom. The zero-order chi connectivity index (χ0) is 21.3. The summed E-state index contributed by atoms with van der Waals surface area (Å²) in [7, 11) is 3.50. The average Bonchev–Trinajstić information content (AvgIpc) is 3.30. The maximum atomic E-state index is 12.4. The lowest BCUT2D eigenvalue weighted by Gasteiger charge is -2.36. The topological polar surface area (TPSA) is 71.5 Å². The van der Waals surface area contributed by atoms with Crippen LogP contribution in [0, 0.1) is 0 Å². The highest BCUT2D eigenvalue weighted by molar-refractivity contribution is 14.0. The molecule has 2 saturated heterocycles. The number of piperazine rings is 1. The molecule has 3 rings (SSSR count). The highest BCUT2D eigenvalue weighted by atomic mass is 127. The maximum absolute atomic E-state index is 12.4. The zero-order valence-corrected chi connectivity index (χ0v) is 21.0. The quantitative estimate of drug-likeness (QED) is 0.331. The maximum Gasteiger partial charge on any atom is 0.241 e. The lowest BCUT2D eigenvalue weighted by molar-refractivity contribution is -0.131. The number of amides is 2. The van der Waals surface area contributed by atoms with Crippen molar-refractivity contribution in [3.05, 3.63) is 35.9 Å². The predicted octanol–water partition coefficient (Wildman–Crippen LogP) is 1.08. The number of carbonyl (C=O) groups excluding carboxylic acids is 2. The van der Waals surface area contributed by atoms with E-state index in [1.807, 2.05) is 35.2 Å². The fourth-order valence-electron chi connectivity index (χ4n) is 3.71. The molecule has 0 spiro atoms. The van der Waals surface area contributed by atoms with Crippen LogP contribution in [0.5, 0.6) is 0 Å². The van der Waals surface area contributed by atoms with Gasteiger partial charge in [0.2, 0.25) is 11.8 Å². The Bertz CT molecular complexity index is 729. The van der Waals surface area contributed by atoms with Crippen molar-refractivity contribution in [3.63, 3.8) is 0 Å². The van der Waals surface area contributed by atoms with Crippen molar-refractivity contribution in [1.29, 1.82) is 0 Å². The Morgan fingerprint density at radius 2 is 1.61 bits per heavy atom. The van der Waals surface area contributed by atoms with Crippen LogP contribution < -0.4 is 5.32 Å². The van der Waals surface area contributed by atoms with Gasteiger partial charge in [-0.15, -0.1) is 24.0 Å². The van der Waals surface area contributed by atoms with Gasteiger partial charge in [-0.25, -0.2) is 4.99 Å². The molecule has 0 saturated carbocycles. The molecule has 1 aromatic carbocycles. The second kappa shape index (κ2) is 12.8. The van der Waals surface area contributed by atoms with Crippen LogP contribution in [0.3, 0.4) is 0 Å². The molecule has 172 valence electrons. The predicted molar refractivity (Wildman–Crippen MR) is 134 cm³/mol. The third-order valence-electron chi connectivity index (χ3n) is 5.64. The number of aliphatic imine (C=N–C) groups is 1. The van der Waals surface area contributed by atoms with Crippen molar-refractivity contribution in [2.45, 2.75) is 19.4 Å². The van der Waals surface area contributed by atoms with Crippen molar-refractivity contribution in [2.24, 2.45) is 4.99 Å². The van der Waals surface area contributed by atoms with Gasteiger partial charge in [-0.2, -0.15) is 0 Å². The number of benzene rings is 1. The van der Waals surface area contributed by atoms with E-state index in [4.69, 9.17) is 4.99 Å². The molecular formula is C22H35IN6O2. The molecule has 2 aliphatic rings. The largest absolute Gasteiger partial charge is 0.347 e. The van der Waals surface area contributed by atoms with Crippen LogP contribution in [0.2, 0.25) is 0 Å². The molecule has 8 nitrogen and oxygen atoms in total. The Balaban J connectivity index is 0.00000341. The van der Waals surface area contributed by atoms with Gasteiger partial charge in [0.25, 0.3) is 0 Å². The van der Waals surface area contributed by atoms with Crippen molar-refractivity contribution in [1.82, 2.24) is 24.9 Å². The molecule has 0 radical (unpaired) electrons. The summed E-state index contributed by atoms with van der Waals surface area (Å²) in [5.41, 5.74) is 1.13. The molecule has 0 atom stereocenters. The average molecular weight is 542 g/mol. The molecule has 2 heterocycles. The second-order valence-corrected chi connectivity index (χ2v) is 8.12. The van der Waals surface area contributed by atoms with Crippen LogP contribution in [0.4, 0.5) is 0 Å². The number of carbonyl (C=O) groups is 2. The summed E-state index contributed by atoms with van der Waals surface area (Å²) < 4.78 is 0. The number of halogens is 1. The van der Waals surface area contributed by atoms with Crippen molar-refractivity contribution >= 4 is 41.8 Å². The number of hydrogen-bond donors (Lipinski definition) is 1. The fourth-order valence-corrected chi connectivity index (χ4v) is 3.71. The van der Waals surface area contributed by atoms with E-state index >= 15 is 0 Å². The van der Waals surface area contributed by atoms with E-state index in [0.29, 0.717) is 13.1 Å². The first-order chi connectivity index (χ1) is 14.5. The number of nitrogens with zero attached hydrogens (tertiary/aromatic N) is 5. The number of likely N-dealkylation sites (N-methyl/N-ethyl adjacent to an activating group) is 1. The van der Waals surface area contributed by atoms with Crippen LogP contribution in [-0.2, 0) is 16.1 Å². The highest BCUT2D eigenvalue weighted by Gasteiger charge is 2.25. The Kier molecular flexibility index (Phi) is 10.5. The number of guanidine groups is 1. The number of likely N-dealkylation sites (tertiary alicyclic amines) is 1. The Labute approximate surface area is 202 Å².